The highest BCUT2D eigenvalue weighted by atomic mass is 32.1. The summed E-state index contributed by atoms with van der Waals surface area (Å²) in [5.41, 5.74) is 14.1. The van der Waals surface area contributed by atoms with E-state index in [1.807, 2.05) is 45.3 Å². The van der Waals surface area contributed by atoms with E-state index in [4.69, 9.17) is 19.9 Å². The summed E-state index contributed by atoms with van der Waals surface area (Å²) in [5, 5.41) is 35.4. The van der Waals surface area contributed by atoms with E-state index in [1.165, 1.54) is 230 Å². The quantitative estimate of drug-likeness (QED) is 0.176. The second-order valence-electron chi connectivity index (χ2n) is 33.7. The molecule has 32 rings (SSSR count). The number of rotatable bonds is 4. The van der Waals surface area contributed by atoms with E-state index in [-0.39, 0.29) is 0 Å². The average molecular weight is 1830 g/mol. The van der Waals surface area contributed by atoms with Crippen LogP contribution in [0.3, 0.4) is 0 Å². The Labute approximate surface area is 782 Å². The number of hydrogen-bond acceptors (Lipinski definition) is 12. The predicted octanol–water partition coefficient (Wildman–Crippen LogP) is 35.7. The Kier molecular flexibility index (Phi) is 16.6. The highest BCUT2D eigenvalue weighted by molar-refractivity contribution is 7.28. The molecule has 32 aromatic rings. The Hall–Kier alpha value is -14.9. The number of hydrogen-bond donors (Lipinski definition) is 0. The Morgan fingerprint density at radius 2 is 0.523 bits per heavy atom. The molecule has 0 aliphatic carbocycles. The van der Waals surface area contributed by atoms with Gasteiger partial charge in [0.15, 0.2) is 20.5 Å². The van der Waals surface area contributed by atoms with Gasteiger partial charge in [0.25, 0.3) is 0 Å². The van der Waals surface area contributed by atoms with Crippen molar-refractivity contribution in [1.82, 2.24) is 38.2 Å². The van der Waals surface area contributed by atoms with Crippen LogP contribution in [0, 0.1) is 0 Å². The highest BCUT2D eigenvalue weighted by Gasteiger charge is 2.28. The Bertz CT molecular complexity index is 10300. The summed E-state index contributed by atoms with van der Waals surface area (Å²) >= 11 is 14.6. The predicted molar refractivity (Wildman–Crippen MR) is 577 cm³/mol. The molecule has 20 aromatic carbocycles. The number of thiazole rings is 4. The van der Waals surface area contributed by atoms with Crippen LogP contribution in [0.4, 0.5) is 0 Å². The lowest BCUT2D eigenvalue weighted by molar-refractivity contribution is 1.15. The van der Waals surface area contributed by atoms with Crippen LogP contribution < -0.4 is 0 Å². The SMILES string of the molecule is c1ccc2c(c1)ccc1c2c2ccc3c4ccccc4sc3c2n1-c1nc2ccccc2s1.c1ccc2cc3c(cc2c1)c1cc2sc4ccccc4c2cc1n3-c1nc2ccccc2s1.c1ccc2sc(-n3c4ccccc4c4c5ccccc5c5c6ccccc6sc5c43)nc2c1.c1ccc2sc(-n3c4ccccc4c4c5sc6ccccc6c5c5ccccc5c43)nc2c1. The topological polar surface area (TPSA) is 71.3 Å². The minimum atomic E-state index is 1.02. The lowest BCUT2D eigenvalue weighted by Crippen LogP contribution is -1.93. The Balaban J connectivity index is 0.0000000862. The maximum Gasteiger partial charge on any atom is 0.195 e. The first-order chi connectivity index (χ1) is 65.5. The van der Waals surface area contributed by atoms with E-state index in [0.717, 1.165) is 42.6 Å². The van der Waals surface area contributed by atoms with Gasteiger partial charge in [-0.1, -0.05) is 318 Å². The van der Waals surface area contributed by atoms with Gasteiger partial charge < -0.3 is 0 Å². The minimum absolute atomic E-state index is 1.02. The van der Waals surface area contributed by atoms with Gasteiger partial charge in [-0.2, -0.15) is 0 Å². The van der Waals surface area contributed by atoms with Crippen molar-refractivity contribution in [3.8, 4) is 20.5 Å². The number of nitrogens with zero attached hydrogens (tertiary/aromatic N) is 8. The molecule has 132 heavy (non-hydrogen) atoms. The summed E-state index contributed by atoms with van der Waals surface area (Å²) in [4.78, 5) is 20.3. The molecule has 0 atom stereocenters. The monoisotopic (exact) mass is 1820 g/mol. The molecule has 0 amide bonds. The molecular formula is C116H64N8S8. The van der Waals surface area contributed by atoms with Crippen molar-refractivity contribution >= 4 is 343 Å². The maximum atomic E-state index is 5.08. The Morgan fingerprint density at radius 1 is 0.152 bits per heavy atom. The van der Waals surface area contributed by atoms with Crippen LogP contribution in [0.25, 0.3) is 272 Å². The fourth-order valence-corrected chi connectivity index (χ4v) is 29.7. The van der Waals surface area contributed by atoms with Crippen LogP contribution in [-0.4, -0.2) is 38.2 Å². The third kappa shape index (κ3) is 11.2. The smallest absolute Gasteiger partial charge is 0.195 e. The van der Waals surface area contributed by atoms with Gasteiger partial charge in [-0.15, -0.1) is 45.3 Å². The normalized spacial score (nSPS) is 12.2. The molecule has 0 fully saturated rings. The third-order valence-electron chi connectivity index (χ3n) is 26.5. The standard InChI is InChI=1S/4C29H16N2S2/c1-2-10-18-17(9-1)25-20-12-4-7-15-23(20)32-28(25)26-19-11-3-6-14-22(19)31(27(18)26)29-30-21-13-5-8-16-24(21)33-29;1-2-10-18-17(9-1)25-19-11-3-6-14-22(19)31(29-30-21-13-5-8-16-24(21)33-29)27(25)28-26(18)20-12-4-7-15-23(20)32-28;1-2-8-18-14-24-20(13-17(18)7-1)21-16-28-22(19-9-3-5-11-26(19)32-28)15-25(21)31(24)29-30-23-10-4-6-12-27(23)33-29;1-2-8-18-17(7-1)13-16-23-26(18)21-15-14-20-19-9-3-5-11-24(19)32-28(20)27(21)31(23)29-30-22-10-4-6-12-25(22)33-29/h4*1-16H. The molecule has 0 N–H and O–H groups in total. The second kappa shape index (κ2) is 29.3. The molecule has 0 aliphatic rings. The lowest BCUT2D eigenvalue weighted by Gasteiger charge is -2.08. The molecule has 0 unspecified atom stereocenters. The van der Waals surface area contributed by atoms with E-state index in [1.54, 1.807) is 45.3 Å². The van der Waals surface area contributed by atoms with E-state index in [9.17, 15) is 0 Å². The molecule has 12 heterocycles. The molecule has 0 bridgehead atoms. The van der Waals surface area contributed by atoms with Crippen molar-refractivity contribution in [1.29, 1.82) is 0 Å². The van der Waals surface area contributed by atoms with Crippen LogP contribution in [0.2, 0.25) is 0 Å². The highest BCUT2D eigenvalue weighted by Crippen LogP contribution is 2.53. The molecule has 0 saturated carbocycles. The number of aromatic nitrogens is 8. The first-order valence-corrected chi connectivity index (χ1v) is 50.5. The van der Waals surface area contributed by atoms with Gasteiger partial charge in [0.1, 0.15) is 0 Å². The average Bonchev–Trinajstić information content (AvgIpc) is 1.54. The zero-order valence-electron chi connectivity index (χ0n) is 69.8. The fraction of sp³-hybridized carbons (Fsp3) is 0. The minimum Gasteiger partial charge on any atom is -0.285 e. The van der Waals surface area contributed by atoms with E-state index in [2.05, 4.69) is 407 Å². The van der Waals surface area contributed by atoms with Crippen molar-refractivity contribution in [3.63, 3.8) is 0 Å². The summed E-state index contributed by atoms with van der Waals surface area (Å²) < 4.78 is 25.1. The van der Waals surface area contributed by atoms with E-state index >= 15 is 0 Å². The molecule has 0 radical (unpaired) electrons. The van der Waals surface area contributed by atoms with Gasteiger partial charge in [0, 0.05) is 120 Å². The van der Waals surface area contributed by atoms with Crippen LogP contribution in [-0.2, 0) is 0 Å². The van der Waals surface area contributed by atoms with Crippen molar-refractivity contribution < 1.29 is 0 Å². The van der Waals surface area contributed by atoms with Gasteiger partial charge in [-0.25, -0.2) is 19.9 Å². The first kappa shape index (κ1) is 75.0. The largest absolute Gasteiger partial charge is 0.285 e. The van der Waals surface area contributed by atoms with Crippen molar-refractivity contribution in [3.05, 3.63) is 388 Å². The summed E-state index contributed by atoms with van der Waals surface area (Å²) in [5.74, 6) is 0. The second-order valence-corrected chi connectivity index (χ2v) is 42.0. The zero-order chi connectivity index (χ0) is 86.1. The summed E-state index contributed by atoms with van der Waals surface area (Å²) in [7, 11) is 0. The molecule has 16 heteroatoms. The van der Waals surface area contributed by atoms with Crippen LogP contribution in [0.15, 0.2) is 388 Å². The maximum absolute atomic E-state index is 5.08. The number of thiophene rings is 4. The van der Waals surface area contributed by atoms with Gasteiger partial charge in [0.2, 0.25) is 0 Å². The number of para-hydroxylation sites is 6. The van der Waals surface area contributed by atoms with E-state index in [0.29, 0.717) is 0 Å². The van der Waals surface area contributed by atoms with Gasteiger partial charge in [0.05, 0.1) is 94.4 Å². The first-order valence-electron chi connectivity index (χ1n) is 44.0. The zero-order valence-corrected chi connectivity index (χ0v) is 76.3. The van der Waals surface area contributed by atoms with Crippen LogP contribution in [0.1, 0.15) is 0 Å². The summed E-state index contributed by atoms with van der Waals surface area (Å²) in [6, 6.07) is 140. The number of benzene rings is 20. The summed E-state index contributed by atoms with van der Waals surface area (Å²) in [6.07, 6.45) is 0. The molecule has 0 spiro atoms. The van der Waals surface area contributed by atoms with Gasteiger partial charge >= 0.3 is 0 Å². The molecular weight excluding hydrogens is 1760 g/mol. The van der Waals surface area contributed by atoms with E-state index < -0.39 is 0 Å². The van der Waals surface area contributed by atoms with Crippen molar-refractivity contribution in [2.45, 2.75) is 0 Å². The van der Waals surface area contributed by atoms with Crippen LogP contribution in [0.5, 0.6) is 0 Å². The third-order valence-corrected chi connectivity index (χ3v) is 35.3. The molecule has 0 saturated heterocycles. The van der Waals surface area contributed by atoms with Crippen molar-refractivity contribution in [2.75, 3.05) is 0 Å². The van der Waals surface area contributed by atoms with Crippen molar-refractivity contribution in [2.24, 2.45) is 0 Å². The summed E-state index contributed by atoms with van der Waals surface area (Å²) in [6.45, 7) is 0. The molecule has 12 aromatic heterocycles. The molecule has 0 aliphatic heterocycles. The lowest BCUT2D eigenvalue weighted by atomic mass is 9.99. The van der Waals surface area contributed by atoms with Gasteiger partial charge in [-0.05, 0) is 153 Å². The van der Waals surface area contributed by atoms with Gasteiger partial charge in [-0.3, -0.25) is 18.3 Å². The Morgan fingerprint density at radius 3 is 1.09 bits per heavy atom. The van der Waals surface area contributed by atoms with Crippen LogP contribution >= 0.6 is 90.7 Å². The fourth-order valence-electron chi connectivity index (χ4n) is 20.8. The molecule has 616 valence electrons. The number of fused-ring (bicyclic) bond motifs is 40. The molecule has 8 nitrogen and oxygen atoms in total.